The Morgan fingerprint density at radius 2 is 1.57 bits per heavy atom. The van der Waals surface area contributed by atoms with Crippen LogP contribution >= 0.6 is 0 Å². The maximum Gasteiger partial charge on any atom is 0.224 e. The molecule has 0 fully saturated rings. The van der Waals surface area contributed by atoms with Crippen LogP contribution in [-0.4, -0.2) is 22.1 Å². The van der Waals surface area contributed by atoms with E-state index in [1.807, 2.05) is 54.6 Å². The zero-order valence-corrected chi connectivity index (χ0v) is 21.3. The molecule has 5 heteroatoms. The Kier molecular flexibility index (Phi) is 7.31. The molecular weight excluding hydrogens is 458 g/mol. The summed E-state index contributed by atoms with van der Waals surface area (Å²) in [6.07, 6.45) is 0.325. The minimum absolute atomic E-state index is 0.0301. The van der Waals surface area contributed by atoms with E-state index in [1.54, 1.807) is 0 Å². The van der Waals surface area contributed by atoms with Crippen LogP contribution < -0.4 is 10.1 Å². The number of aryl methyl sites for hydroxylation is 2. The molecule has 0 atom stereocenters. The standard InChI is InChI=1S/C32H31N3O2/c1-23-12-17-28(20-24(23)2)37-19-18-35-30-11-7-6-10-29(30)34-31(35)22-33-32(36)21-25-13-15-27(16-14-25)26-8-4-3-5-9-26/h3-17,20H,18-19,21-22H2,1-2H3,(H,33,36). The van der Waals surface area contributed by atoms with Gasteiger partial charge in [-0.25, -0.2) is 4.98 Å². The molecule has 0 aliphatic rings. The van der Waals surface area contributed by atoms with Gasteiger partial charge in [0.05, 0.1) is 30.5 Å². The second-order valence-corrected chi connectivity index (χ2v) is 9.28. The molecule has 1 amide bonds. The van der Waals surface area contributed by atoms with Crippen molar-refractivity contribution in [2.45, 2.75) is 33.4 Å². The van der Waals surface area contributed by atoms with Gasteiger partial charge >= 0.3 is 0 Å². The SMILES string of the molecule is Cc1ccc(OCCn2c(CNC(=O)Cc3ccc(-c4ccccc4)cc3)nc3ccccc32)cc1C. The summed E-state index contributed by atoms with van der Waals surface area (Å²) in [5, 5.41) is 3.05. The molecule has 0 spiro atoms. The third-order valence-corrected chi connectivity index (χ3v) is 6.67. The highest BCUT2D eigenvalue weighted by molar-refractivity contribution is 5.79. The van der Waals surface area contributed by atoms with E-state index in [0.29, 0.717) is 26.1 Å². The second-order valence-electron chi connectivity index (χ2n) is 9.28. The smallest absolute Gasteiger partial charge is 0.224 e. The van der Waals surface area contributed by atoms with E-state index in [-0.39, 0.29) is 5.91 Å². The van der Waals surface area contributed by atoms with Gasteiger partial charge in [-0.05, 0) is 65.9 Å². The molecule has 0 saturated carbocycles. The molecule has 1 N–H and O–H groups in total. The van der Waals surface area contributed by atoms with Crippen LogP contribution in [0.2, 0.25) is 0 Å². The molecule has 4 aromatic carbocycles. The van der Waals surface area contributed by atoms with Gasteiger partial charge < -0.3 is 14.6 Å². The summed E-state index contributed by atoms with van der Waals surface area (Å²) in [6, 6.07) is 32.6. The third-order valence-electron chi connectivity index (χ3n) is 6.67. The van der Waals surface area contributed by atoms with Crippen molar-refractivity contribution in [1.29, 1.82) is 0 Å². The van der Waals surface area contributed by atoms with E-state index in [4.69, 9.17) is 9.72 Å². The van der Waals surface area contributed by atoms with E-state index in [2.05, 4.69) is 66.2 Å². The molecule has 186 valence electrons. The van der Waals surface area contributed by atoms with Crippen LogP contribution in [0.15, 0.2) is 97.1 Å². The lowest BCUT2D eigenvalue weighted by Crippen LogP contribution is -2.26. The Hall–Kier alpha value is -4.38. The molecule has 1 heterocycles. The van der Waals surface area contributed by atoms with Crippen LogP contribution in [0.3, 0.4) is 0 Å². The lowest BCUT2D eigenvalue weighted by molar-refractivity contribution is -0.120. The zero-order chi connectivity index (χ0) is 25.6. The number of benzene rings is 4. The number of nitrogens with one attached hydrogen (secondary N) is 1. The monoisotopic (exact) mass is 489 g/mol. The average molecular weight is 490 g/mol. The van der Waals surface area contributed by atoms with Crippen molar-refractivity contribution in [3.8, 4) is 16.9 Å². The molecule has 5 nitrogen and oxygen atoms in total. The first-order valence-corrected chi connectivity index (χ1v) is 12.6. The number of ether oxygens (including phenoxy) is 1. The third kappa shape index (κ3) is 5.89. The van der Waals surface area contributed by atoms with Crippen molar-refractivity contribution < 1.29 is 9.53 Å². The minimum atomic E-state index is -0.0301. The molecule has 5 aromatic rings. The first-order chi connectivity index (χ1) is 18.1. The van der Waals surface area contributed by atoms with Crippen molar-refractivity contribution in [2.75, 3.05) is 6.61 Å². The molecule has 0 aliphatic heterocycles. The zero-order valence-electron chi connectivity index (χ0n) is 21.3. The number of carbonyl (C=O) groups is 1. The van der Waals surface area contributed by atoms with Gasteiger partial charge in [0.25, 0.3) is 0 Å². The Morgan fingerprint density at radius 1 is 0.838 bits per heavy atom. The first kappa shape index (κ1) is 24.3. The van der Waals surface area contributed by atoms with Crippen molar-refractivity contribution in [2.24, 2.45) is 0 Å². The summed E-state index contributed by atoms with van der Waals surface area (Å²) in [5.74, 6) is 1.65. The molecule has 0 bridgehead atoms. The number of fused-ring (bicyclic) bond motifs is 1. The number of amides is 1. The van der Waals surface area contributed by atoms with E-state index < -0.39 is 0 Å². The Bertz CT molecular complexity index is 1500. The maximum atomic E-state index is 12.8. The summed E-state index contributed by atoms with van der Waals surface area (Å²) in [5.41, 5.74) is 7.69. The number of hydrogen-bond donors (Lipinski definition) is 1. The van der Waals surface area contributed by atoms with E-state index in [9.17, 15) is 4.79 Å². The highest BCUT2D eigenvalue weighted by Crippen LogP contribution is 2.20. The molecule has 0 radical (unpaired) electrons. The number of aromatic nitrogens is 2. The Labute approximate surface area is 217 Å². The number of rotatable bonds is 9. The molecule has 1 aromatic heterocycles. The number of nitrogens with zero attached hydrogens (tertiary/aromatic N) is 2. The second kappa shape index (κ2) is 11.1. The van der Waals surface area contributed by atoms with Crippen molar-refractivity contribution in [3.63, 3.8) is 0 Å². The van der Waals surface area contributed by atoms with E-state index in [0.717, 1.165) is 33.7 Å². The number of imidazole rings is 1. The van der Waals surface area contributed by atoms with Crippen LogP contribution in [0.5, 0.6) is 5.75 Å². The maximum absolute atomic E-state index is 12.8. The van der Waals surface area contributed by atoms with Crippen LogP contribution in [0.25, 0.3) is 22.2 Å². The predicted molar refractivity (Wildman–Crippen MR) is 149 cm³/mol. The fourth-order valence-electron chi connectivity index (χ4n) is 4.44. The molecule has 0 saturated heterocycles. The minimum Gasteiger partial charge on any atom is -0.492 e. The highest BCUT2D eigenvalue weighted by Gasteiger charge is 2.12. The van der Waals surface area contributed by atoms with Crippen molar-refractivity contribution in [1.82, 2.24) is 14.9 Å². The summed E-state index contributed by atoms with van der Waals surface area (Å²) in [6.45, 7) is 5.69. The predicted octanol–water partition coefficient (Wildman–Crippen LogP) is 6.26. The topological polar surface area (TPSA) is 56.1 Å². The molecule has 0 unspecified atom stereocenters. The summed E-state index contributed by atoms with van der Waals surface area (Å²) < 4.78 is 8.16. The van der Waals surface area contributed by atoms with Gasteiger partial charge in [0, 0.05) is 0 Å². The van der Waals surface area contributed by atoms with Gasteiger partial charge in [-0.1, -0.05) is 72.8 Å². The van der Waals surface area contributed by atoms with Crippen LogP contribution in [0.1, 0.15) is 22.5 Å². The van der Waals surface area contributed by atoms with Gasteiger partial charge in [0.2, 0.25) is 5.91 Å². The number of carbonyl (C=O) groups excluding carboxylic acids is 1. The average Bonchev–Trinajstić information content (AvgIpc) is 3.28. The van der Waals surface area contributed by atoms with Gasteiger partial charge in [-0.3, -0.25) is 4.79 Å². The summed E-state index contributed by atoms with van der Waals surface area (Å²) in [7, 11) is 0. The van der Waals surface area contributed by atoms with Crippen molar-refractivity contribution in [3.05, 3.63) is 120 Å². The normalized spacial score (nSPS) is 11.0. The number of para-hydroxylation sites is 2. The van der Waals surface area contributed by atoms with E-state index in [1.165, 1.54) is 16.7 Å². The Morgan fingerprint density at radius 3 is 2.35 bits per heavy atom. The van der Waals surface area contributed by atoms with Crippen LogP contribution in [0, 0.1) is 13.8 Å². The summed E-state index contributed by atoms with van der Waals surface area (Å²) in [4.78, 5) is 17.5. The van der Waals surface area contributed by atoms with E-state index >= 15 is 0 Å². The summed E-state index contributed by atoms with van der Waals surface area (Å²) >= 11 is 0. The molecule has 0 aliphatic carbocycles. The lowest BCUT2D eigenvalue weighted by atomic mass is 10.0. The highest BCUT2D eigenvalue weighted by atomic mass is 16.5. The first-order valence-electron chi connectivity index (χ1n) is 12.6. The van der Waals surface area contributed by atoms with Crippen LogP contribution in [0.4, 0.5) is 0 Å². The number of hydrogen-bond acceptors (Lipinski definition) is 3. The molecule has 5 rings (SSSR count). The fourth-order valence-corrected chi connectivity index (χ4v) is 4.44. The quantitative estimate of drug-likeness (QED) is 0.266. The molecule has 37 heavy (non-hydrogen) atoms. The fraction of sp³-hybridized carbons (Fsp3) is 0.188. The van der Waals surface area contributed by atoms with Gasteiger partial charge in [0.1, 0.15) is 18.2 Å². The molecular formula is C32H31N3O2. The lowest BCUT2D eigenvalue weighted by Gasteiger charge is -2.12. The van der Waals surface area contributed by atoms with Crippen molar-refractivity contribution >= 4 is 16.9 Å². The Balaban J connectivity index is 1.22. The largest absolute Gasteiger partial charge is 0.492 e. The van der Waals surface area contributed by atoms with Gasteiger partial charge in [0.15, 0.2) is 0 Å². The van der Waals surface area contributed by atoms with Crippen LogP contribution in [-0.2, 0) is 24.3 Å². The van der Waals surface area contributed by atoms with Gasteiger partial charge in [-0.2, -0.15) is 0 Å². The van der Waals surface area contributed by atoms with Gasteiger partial charge in [-0.15, -0.1) is 0 Å².